The minimum Gasteiger partial charge on any atom is -0.343 e. The molecule has 3 aromatic rings. The molecule has 1 saturated heterocycles. The van der Waals surface area contributed by atoms with Gasteiger partial charge >= 0.3 is 0 Å². The predicted molar refractivity (Wildman–Crippen MR) is 106 cm³/mol. The van der Waals surface area contributed by atoms with Crippen molar-refractivity contribution >= 4 is 16.9 Å². The number of imidazole rings is 1. The van der Waals surface area contributed by atoms with E-state index in [1.807, 2.05) is 30.0 Å². The van der Waals surface area contributed by atoms with Crippen molar-refractivity contribution in [2.24, 2.45) is 5.92 Å². The lowest BCUT2D eigenvalue weighted by Gasteiger charge is -2.33. The second kappa shape index (κ2) is 7.73. The summed E-state index contributed by atoms with van der Waals surface area (Å²) in [4.78, 5) is 24.2. The fourth-order valence-corrected chi connectivity index (χ4v) is 4.13. The van der Waals surface area contributed by atoms with Gasteiger partial charge in [-0.2, -0.15) is 4.98 Å². The van der Waals surface area contributed by atoms with Crippen molar-refractivity contribution in [3.05, 3.63) is 42.3 Å². The Bertz CT molecular complexity index is 939. The average Bonchev–Trinajstić information content (AvgIpc) is 3.34. The van der Waals surface area contributed by atoms with Crippen molar-refractivity contribution in [1.82, 2.24) is 24.6 Å². The predicted octanol–water partition coefficient (Wildman–Crippen LogP) is 3.59. The lowest BCUT2D eigenvalue weighted by molar-refractivity contribution is -0.135. The molecule has 0 spiro atoms. The van der Waals surface area contributed by atoms with E-state index in [1.54, 1.807) is 0 Å². The van der Waals surface area contributed by atoms with E-state index < -0.39 is 0 Å². The molecule has 3 heterocycles. The van der Waals surface area contributed by atoms with Gasteiger partial charge in [0.2, 0.25) is 12.3 Å². The number of likely N-dealkylation sites (tertiary alicyclic amines) is 1. The highest BCUT2D eigenvalue weighted by Crippen LogP contribution is 2.29. The van der Waals surface area contributed by atoms with Crippen molar-refractivity contribution in [2.75, 3.05) is 13.1 Å². The van der Waals surface area contributed by atoms with Gasteiger partial charge in [-0.05, 0) is 37.8 Å². The van der Waals surface area contributed by atoms with Gasteiger partial charge in [0, 0.05) is 25.4 Å². The van der Waals surface area contributed by atoms with E-state index in [9.17, 15) is 4.79 Å². The summed E-state index contributed by atoms with van der Waals surface area (Å²) in [6, 6.07) is 7.80. The number of rotatable bonds is 5. The Morgan fingerprint density at radius 1 is 1.21 bits per heavy atom. The fourth-order valence-electron chi connectivity index (χ4n) is 4.13. The number of fused-ring (bicyclic) bond motifs is 1. The minimum absolute atomic E-state index is 0.153. The molecule has 1 aliphatic rings. The molecule has 0 radical (unpaired) electrons. The first-order valence-electron chi connectivity index (χ1n) is 10.1. The van der Waals surface area contributed by atoms with Gasteiger partial charge in [0.15, 0.2) is 5.82 Å². The third-order valence-electron chi connectivity index (χ3n) is 5.55. The first-order valence-corrected chi connectivity index (χ1v) is 10.1. The summed E-state index contributed by atoms with van der Waals surface area (Å²) < 4.78 is 6.99. The number of nitrogens with zero attached hydrogens (tertiary/aromatic N) is 5. The maximum absolute atomic E-state index is 13.3. The molecule has 148 valence electrons. The van der Waals surface area contributed by atoms with Crippen LogP contribution in [0.2, 0.25) is 0 Å². The molecule has 2 aromatic heterocycles. The van der Waals surface area contributed by atoms with Crippen LogP contribution in [0.1, 0.15) is 57.2 Å². The van der Waals surface area contributed by atoms with Crippen LogP contribution in [0.3, 0.4) is 0 Å². The number of carbonyl (C=O) groups is 1. The maximum atomic E-state index is 13.3. The Morgan fingerprint density at radius 3 is 2.64 bits per heavy atom. The highest BCUT2D eigenvalue weighted by Gasteiger charge is 2.30. The topological polar surface area (TPSA) is 77.0 Å². The summed E-state index contributed by atoms with van der Waals surface area (Å²) in [5.74, 6) is 2.63. The summed E-state index contributed by atoms with van der Waals surface area (Å²) in [6.45, 7) is 7.78. The largest absolute Gasteiger partial charge is 0.343 e. The number of hydrogen-bond acceptors (Lipinski definition) is 5. The molecular formula is C21H27N5O2. The van der Waals surface area contributed by atoms with Gasteiger partial charge in [-0.1, -0.05) is 31.1 Å². The Balaban J connectivity index is 1.54. The SMILES string of the molecule is CC(C)Cc1nc2ccccc2n1[C@H](C)C(=O)N1CCC(c2ncon2)CC1. The van der Waals surface area contributed by atoms with Gasteiger partial charge in [-0.3, -0.25) is 4.79 Å². The van der Waals surface area contributed by atoms with Gasteiger partial charge in [0.05, 0.1) is 11.0 Å². The van der Waals surface area contributed by atoms with Crippen molar-refractivity contribution in [3.8, 4) is 0 Å². The van der Waals surface area contributed by atoms with Crippen LogP contribution >= 0.6 is 0 Å². The summed E-state index contributed by atoms with van der Waals surface area (Å²) in [5, 5.41) is 3.96. The number of amides is 1. The molecule has 7 nitrogen and oxygen atoms in total. The highest BCUT2D eigenvalue weighted by molar-refractivity contribution is 5.84. The second-order valence-corrected chi connectivity index (χ2v) is 8.05. The Morgan fingerprint density at radius 2 is 1.96 bits per heavy atom. The van der Waals surface area contributed by atoms with Crippen molar-refractivity contribution < 1.29 is 9.32 Å². The molecule has 0 bridgehead atoms. The first kappa shape index (κ1) is 18.7. The molecule has 1 amide bonds. The number of carbonyl (C=O) groups excluding carboxylic acids is 1. The highest BCUT2D eigenvalue weighted by atomic mass is 16.5. The Kier molecular flexibility index (Phi) is 5.15. The van der Waals surface area contributed by atoms with Crippen molar-refractivity contribution in [3.63, 3.8) is 0 Å². The fraction of sp³-hybridized carbons (Fsp3) is 0.524. The first-order chi connectivity index (χ1) is 13.5. The molecule has 1 fully saturated rings. The van der Waals surface area contributed by atoms with Gasteiger partial charge in [0.25, 0.3) is 0 Å². The maximum Gasteiger partial charge on any atom is 0.245 e. The molecule has 0 aliphatic carbocycles. The van der Waals surface area contributed by atoms with Crippen molar-refractivity contribution in [2.45, 2.75) is 52.0 Å². The molecule has 1 aromatic carbocycles. The van der Waals surface area contributed by atoms with Crippen LogP contribution in [0.25, 0.3) is 11.0 Å². The zero-order valence-electron chi connectivity index (χ0n) is 16.7. The molecule has 1 atom stereocenters. The van der Waals surface area contributed by atoms with Crippen LogP contribution in [-0.4, -0.2) is 43.6 Å². The normalized spacial score (nSPS) is 16.8. The van der Waals surface area contributed by atoms with Gasteiger partial charge in [-0.15, -0.1) is 0 Å². The van der Waals surface area contributed by atoms with Crippen LogP contribution in [0.5, 0.6) is 0 Å². The number of aromatic nitrogens is 4. The van der Waals surface area contributed by atoms with Gasteiger partial charge < -0.3 is 14.0 Å². The molecule has 0 unspecified atom stereocenters. The molecular weight excluding hydrogens is 354 g/mol. The minimum atomic E-state index is -0.275. The quantitative estimate of drug-likeness (QED) is 0.675. The lowest BCUT2D eigenvalue weighted by Crippen LogP contribution is -2.41. The number of benzene rings is 1. The number of para-hydroxylation sites is 2. The van der Waals surface area contributed by atoms with Gasteiger partial charge in [0.1, 0.15) is 11.9 Å². The monoisotopic (exact) mass is 381 g/mol. The van der Waals surface area contributed by atoms with Crippen LogP contribution in [0.15, 0.2) is 35.2 Å². The van der Waals surface area contributed by atoms with Crippen LogP contribution in [0, 0.1) is 5.92 Å². The molecule has 7 heteroatoms. The lowest BCUT2D eigenvalue weighted by atomic mass is 9.96. The standard InChI is InChI=1S/C21H27N5O2/c1-14(2)12-19-23-17-6-4-5-7-18(17)26(19)15(3)21(27)25-10-8-16(9-11-25)20-22-13-28-24-20/h4-7,13-16H,8-12H2,1-3H3/t15-/m1/s1. The molecule has 0 saturated carbocycles. The average molecular weight is 381 g/mol. The summed E-state index contributed by atoms with van der Waals surface area (Å²) >= 11 is 0. The second-order valence-electron chi connectivity index (χ2n) is 8.05. The smallest absolute Gasteiger partial charge is 0.245 e. The summed E-state index contributed by atoms with van der Waals surface area (Å²) in [6.07, 6.45) is 3.95. The number of hydrogen-bond donors (Lipinski definition) is 0. The van der Waals surface area contributed by atoms with E-state index >= 15 is 0 Å². The molecule has 28 heavy (non-hydrogen) atoms. The molecule has 4 rings (SSSR count). The van der Waals surface area contributed by atoms with Crippen LogP contribution in [0.4, 0.5) is 0 Å². The van der Waals surface area contributed by atoms with E-state index in [-0.39, 0.29) is 17.9 Å². The third kappa shape index (κ3) is 3.53. The third-order valence-corrected chi connectivity index (χ3v) is 5.55. The van der Waals surface area contributed by atoms with E-state index in [4.69, 9.17) is 9.51 Å². The Labute approximate surface area is 164 Å². The molecule has 0 N–H and O–H groups in total. The van der Waals surface area contributed by atoms with E-state index in [0.717, 1.165) is 41.9 Å². The van der Waals surface area contributed by atoms with Crippen molar-refractivity contribution in [1.29, 1.82) is 0 Å². The molecule has 1 aliphatic heterocycles. The van der Waals surface area contributed by atoms with E-state index in [0.29, 0.717) is 19.0 Å². The Hall–Kier alpha value is -2.70. The van der Waals surface area contributed by atoms with E-state index in [2.05, 4.69) is 34.6 Å². The summed E-state index contributed by atoms with van der Waals surface area (Å²) in [7, 11) is 0. The van der Waals surface area contributed by atoms with E-state index in [1.165, 1.54) is 6.39 Å². The van der Waals surface area contributed by atoms with Crippen LogP contribution in [-0.2, 0) is 11.2 Å². The zero-order valence-corrected chi connectivity index (χ0v) is 16.7. The van der Waals surface area contributed by atoms with Gasteiger partial charge in [-0.25, -0.2) is 4.98 Å². The number of piperidine rings is 1. The van der Waals surface area contributed by atoms with Crippen LogP contribution < -0.4 is 0 Å². The summed E-state index contributed by atoms with van der Waals surface area (Å²) in [5.41, 5.74) is 1.98. The zero-order chi connectivity index (χ0) is 19.7.